The Morgan fingerprint density at radius 1 is 0.321 bits per heavy atom. The molecule has 0 unspecified atom stereocenters. The Labute approximate surface area is 312 Å². The molecule has 2 heterocycles. The highest BCUT2D eigenvalue weighted by atomic mass is 32.1. The molecule has 0 radical (unpaired) electrons. The van der Waals surface area contributed by atoms with Gasteiger partial charge < -0.3 is 0 Å². The lowest BCUT2D eigenvalue weighted by molar-refractivity contribution is 1.18. The smallest absolute Gasteiger partial charge is 0.160 e. The van der Waals surface area contributed by atoms with E-state index in [1.807, 2.05) is 29.5 Å². The van der Waals surface area contributed by atoms with E-state index in [4.69, 9.17) is 9.97 Å². The van der Waals surface area contributed by atoms with Crippen LogP contribution in [0, 0.1) is 0 Å². The molecule has 0 aliphatic rings. The second-order valence-electron chi connectivity index (χ2n) is 13.4. The minimum Gasteiger partial charge on any atom is -0.228 e. The molecule has 2 aromatic heterocycles. The fraction of sp³-hybridized carbons (Fsp3) is 0. The quantitative estimate of drug-likeness (QED) is 0.173. The average Bonchev–Trinajstić information content (AvgIpc) is 3.63. The number of thiophene rings is 1. The van der Waals surface area contributed by atoms with E-state index in [1.165, 1.54) is 64.3 Å². The number of aromatic nitrogens is 2. The van der Waals surface area contributed by atoms with Crippen LogP contribution in [0.3, 0.4) is 0 Å². The van der Waals surface area contributed by atoms with E-state index in [0.29, 0.717) is 5.82 Å². The first kappa shape index (κ1) is 31.1. The lowest BCUT2D eigenvalue weighted by Crippen LogP contribution is -1.96. The zero-order valence-corrected chi connectivity index (χ0v) is 29.6. The van der Waals surface area contributed by atoms with Gasteiger partial charge in [-0.3, -0.25) is 0 Å². The van der Waals surface area contributed by atoms with E-state index in [-0.39, 0.29) is 0 Å². The molecule has 0 saturated carbocycles. The zero-order chi connectivity index (χ0) is 35.1. The van der Waals surface area contributed by atoms with Crippen molar-refractivity contribution in [3.05, 3.63) is 194 Å². The van der Waals surface area contributed by atoms with Crippen molar-refractivity contribution in [1.29, 1.82) is 0 Å². The van der Waals surface area contributed by atoms with Crippen LogP contribution in [-0.2, 0) is 0 Å². The van der Waals surface area contributed by atoms with Crippen LogP contribution in [0.25, 0.3) is 98.2 Å². The molecule has 2 nitrogen and oxygen atoms in total. The molecule has 0 fully saturated rings. The normalized spacial score (nSPS) is 11.4. The van der Waals surface area contributed by atoms with Crippen LogP contribution in [-0.4, -0.2) is 9.97 Å². The third-order valence-electron chi connectivity index (χ3n) is 10.2. The van der Waals surface area contributed by atoms with Crippen molar-refractivity contribution in [3.8, 4) is 67.3 Å². The molecule has 0 bridgehead atoms. The molecule has 248 valence electrons. The van der Waals surface area contributed by atoms with E-state index in [2.05, 4.69) is 176 Å². The maximum Gasteiger partial charge on any atom is 0.160 e. The Balaban J connectivity index is 0.977. The fourth-order valence-electron chi connectivity index (χ4n) is 7.45. The van der Waals surface area contributed by atoms with Gasteiger partial charge in [0.25, 0.3) is 0 Å². The summed E-state index contributed by atoms with van der Waals surface area (Å²) in [6.45, 7) is 0. The first-order chi connectivity index (χ1) is 26.2. The van der Waals surface area contributed by atoms with Gasteiger partial charge in [-0.1, -0.05) is 176 Å². The highest BCUT2D eigenvalue weighted by molar-refractivity contribution is 7.25. The van der Waals surface area contributed by atoms with Gasteiger partial charge >= 0.3 is 0 Å². The average molecular weight is 693 g/mol. The molecule has 0 N–H and O–H groups in total. The van der Waals surface area contributed by atoms with E-state index in [9.17, 15) is 0 Å². The number of benzene rings is 8. The predicted molar refractivity (Wildman–Crippen MR) is 225 cm³/mol. The van der Waals surface area contributed by atoms with Gasteiger partial charge in [-0.05, 0) is 62.4 Å². The molecule has 0 amide bonds. The second-order valence-corrected chi connectivity index (χ2v) is 14.4. The Hall–Kier alpha value is -6.68. The van der Waals surface area contributed by atoms with Crippen LogP contribution in [0.5, 0.6) is 0 Å². The second kappa shape index (κ2) is 13.1. The van der Waals surface area contributed by atoms with Gasteiger partial charge in [0.15, 0.2) is 5.82 Å². The van der Waals surface area contributed by atoms with Gasteiger partial charge in [0.05, 0.1) is 11.4 Å². The molecule has 10 aromatic rings. The highest BCUT2D eigenvalue weighted by Gasteiger charge is 2.13. The molecule has 0 aliphatic carbocycles. The van der Waals surface area contributed by atoms with Crippen molar-refractivity contribution >= 4 is 42.3 Å². The topological polar surface area (TPSA) is 25.8 Å². The maximum atomic E-state index is 5.08. The summed E-state index contributed by atoms with van der Waals surface area (Å²) >= 11 is 1.86. The summed E-state index contributed by atoms with van der Waals surface area (Å²) in [5.41, 5.74) is 12.2. The van der Waals surface area contributed by atoms with Crippen molar-refractivity contribution < 1.29 is 0 Å². The molecule has 0 aliphatic heterocycles. The van der Waals surface area contributed by atoms with E-state index >= 15 is 0 Å². The first-order valence-electron chi connectivity index (χ1n) is 17.9. The first-order valence-corrected chi connectivity index (χ1v) is 18.7. The van der Waals surface area contributed by atoms with E-state index in [1.54, 1.807) is 0 Å². The van der Waals surface area contributed by atoms with Gasteiger partial charge in [-0.15, -0.1) is 11.3 Å². The Morgan fingerprint density at radius 2 is 0.811 bits per heavy atom. The summed E-state index contributed by atoms with van der Waals surface area (Å²) < 4.78 is 2.65. The molecule has 53 heavy (non-hydrogen) atoms. The van der Waals surface area contributed by atoms with Crippen molar-refractivity contribution in [2.75, 3.05) is 0 Å². The molecular formula is C50H32N2S. The Morgan fingerprint density at radius 3 is 1.51 bits per heavy atom. The summed E-state index contributed by atoms with van der Waals surface area (Å²) in [5, 5.41) is 5.16. The monoisotopic (exact) mass is 692 g/mol. The van der Waals surface area contributed by atoms with Crippen LogP contribution >= 0.6 is 11.3 Å². The van der Waals surface area contributed by atoms with Crippen LogP contribution < -0.4 is 0 Å². The molecule has 0 atom stereocenters. The molecular weight excluding hydrogens is 661 g/mol. The summed E-state index contributed by atoms with van der Waals surface area (Å²) in [6.07, 6.45) is 0. The van der Waals surface area contributed by atoms with Crippen LogP contribution in [0.2, 0.25) is 0 Å². The summed E-state index contributed by atoms with van der Waals surface area (Å²) in [4.78, 5) is 10.1. The minimum absolute atomic E-state index is 0.712. The van der Waals surface area contributed by atoms with Crippen LogP contribution in [0.15, 0.2) is 194 Å². The Bertz CT molecular complexity index is 2900. The van der Waals surface area contributed by atoms with Crippen molar-refractivity contribution in [2.45, 2.75) is 0 Å². The van der Waals surface area contributed by atoms with Gasteiger partial charge in [0, 0.05) is 36.9 Å². The third-order valence-corrected chi connectivity index (χ3v) is 11.3. The number of hydrogen-bond donors (Lipinski definition) is 0. The Kier molecular flexibility index (Phi) is 7.71. The number of hydrogen-bond acceptors (Lipinski definition) is 3. The standard InChI is InChI=1S/C50H32N2S/c1-2-11-40(12-3-1)50-51-45(32-46(52-50)39-30-26-36(27-31-39)42-16-8-13-35-10-4-5-14-41(35)42)38-28-22-34(23-29-38)33-20-24-37(25-21-33)43-17-9-19-48-49(43)44-15-6-7-18-47(44)53-48/h1-32H. The number of fused-ring (bicyclic) bond motifs is 4. The van der Waals surface area contributed by atoms with E-state index < -0.39 is 0 Å². The lowest BCUT2D eigenvalue weighted by Gasteiger charge is -2.11. The molecule has 10 rings (SSSR count). The minimum atomic E-state index is 0.712. The van der Waals surface area contributed by atoms with Crippen molar-refractivity contribution in [1.82, 2.24) is 9.97 Å². The zero-order valence-electron chi connectivity index (χ0n) is 28.8. The van der Waals surface area contributed by atoms with Gasteiger partial charge in [-0.25, -0.2) is 9.97 Å². The van der Waals surface area contributed by atoms with Crippen molar-refractivity contribution in [2.24, 2.45) is 0 Å². The summed E-state index contributed by atoms with van der Waals surface area (Å²) in [6, 6.07) is 69.2. The SMILES string of the molecule is c1ccc(-c2nc(-c3ccc(-c4ccc(-c5cccc6sc7ccccc7c56)cc4)cc3)cc(-c3ccc(-c4cccc5ccccc45)cc3)n2)cc1. The van der Waals surface area contributed by atoms with E-state index in [0.717, 1.165) is 28.1 Å². The molecule has 3 heteroatoms. The van der Waals surface area contributed by atoms with Crippen LogP contribution in [0.4, 0.5) is 0 Å². The molecule has 8 aromatic carbocycles. The number of nitrogens with zero attached hydrogens (tertiary/aromatic N) is 2. The number of rotatable bonds is 6. The third kappa shape index (κ3) is 5.78. The van der Waals surface area contributed by atoms with Crippen molar-refractivity contribution in [3.63, 3.8) is 0 Å². The fourth-order valence-corrected chi connectivity index (χ4v) is 8.58. The van der Waals surface area contributed by atoms with Gasteiger partial charge in [0.2, 0.25) is 0 Å². The molecule has 0 saturated heterocycles. The maximum absolute atomic E-state index is 5.08. The van der Waals surface area contributed by atoms with Gasteiger partial charge in [0.1, 0.15) is 0 Å². The molecule has 0 spiro atoms. The van der Waals surface area contributed by atoms with Crippen LogP contribution in [0.1, 0.15) is 0 Å². The predicted octanol–water partition coefficient (Wildman–Crippen LogP) is 14.0. The summed E-state index contributed by atoms with van der Waals surface area (Å²) in [5.74, 6) is 0.712. The lowest BCUT2D eigenvalue weighted by atomic mass is 9.96. The summed E-state index contributed by atoms with van der Waals surface area (Å²) in [7, 11) is 0. The highest BCUT2D eigenvalue weighted by Crippen LogP contribution is 2.40. The largest absolute Gasteiger partial charge is 0.228 e. The van der Waals surface area contributed by atoms with Gasteiger partial charge in [-0.2, -0.15) is 0 Å².